The molecule has 0 radical (unpaired) electrons. The van der Waals surface area contributed by atoms with Crippen LogP contribution in [0.25, 0.3) is 0 Å². The molecular formula is C10H14IO-. The minimum atomic E-state index is 0. The molecule has 1 rings (SSSR count). The van der Waals surface area contributed by atoms with E-state index >= 15 is 0 Å². The number of rotatable bonds is 1. The fourth-order valence-corrected chi connectivity index (χ4v) is 1.14. The van der Waals surface area contributed by atoms with Gasteiger partial charge in [0.05, 0.1) is 0 Å². The van der Waals surface area contributed by atoms with Crippen LogP contribution in [0.5, 0.6) is 5.75 Å². The quantitative estimate of drug-likeness (QED) is 0.707. The maximum Gasteiger partial charge on any atom is 0.119 e. The first-order valence-corrected chi connectivity index (χ1v) is 3.91. The number of halogens is 1. The molecule has 0 spiro atoms. The first kappa shape index (κ1) is 11.8. The molecule has 0 aromatic heterocycles. The molecule has 2 heteroatoms. The van der Waals surface area contributed by atoms with Crippen LogP contribution in [0.2, 0.25) is 0 Å². The Morgan fingerprint density at radius 2 is 1.83 bits per heavy atom. The van der Waals surface area contributed by atoms with Crippen molar-refractivity contribution in [3.63, 3.8) is 0 Å². The molecule has 0 fully saturated rings. The van der Waals surface area contributed by atoms with Crippen molar-refractivity contribution in [3.8, 4) is 5.75 Å². The van der Waals surface area contributed by atoms with E-state index in [-0.39, 0.29) is 24.0 Å². The fourth-order valence-electron chi connectivity index (χ4n) is 1.14. The summed E-state index contributed by atoms with van der Waals surface area (Å²) in [6, 6.07) is 5.81. The van der Waals surface area contributed by atoms with Gasteiger partial charge in [0.2, 0.25) is 0 Å². The summed E-state index contributed by atoms with van der Waals surface area (Å²) in [5.41, 5.74) is 2.13. The zero-order valence-corrected chi connectivity index (χ0v) is 9.79. The Hall–Kier alpha value is -0.250. The van der Waals surface area contributed by atoms with Crippen molar-refractivity contribution in [1.82, 2.24) is 0 Å². The number of phenols is 1. The zero-order valence-electron chi connectivity index (χ0n) is 7.63. The highest BCUT2D eigenvalue weighted by atomic mass is 127. The van der Waals surface area contributed by atoms with Crippen molar-refractivity contribution < 1.29 is 29.1 Å². The third-order valence-electron chi connectivity index (χ3n) is 1.81. The molecule has 1 N–H and O–H groups in total. The third kappa shape index (κ3) is 2.66. The van der Waals surface area contributed by atoms with Gasteiger partial charge in [0.15, 0.2) is 0 Å². The van der Waals surface area contributed by atoms with Crippen LogP contribution in [-0.4, -0.2) is 5.11 Å². The van der Waals surface area contributed by atoms with Gasteiger partial charge in [0, 0.05) is 0 Å². The van der Waals surface area contributed by atoms with E-state index in [0.29, 0.717) is 11.7 Å². The molecule has 1 nitrogen and oxygen atoms in total. The lowest BCUT2D eigenvalue weighted by Gasteiger charge is -2.07. The Balaban J connectivity index is 0.00000121. The van der Waals surface area contributed by atoms with Gasteiger partial charge in [-0.05, 0) is 30.0 Å². The van der Waals surface area contributed by atoms with E-state index in [2.05, 4.69) is 13.8 Å². The maximum atomic E-state index is 9.46. The Morgan fingerprint density at radius 1 is 1.25 bits per heavy atom. The lowest BCUT2D eigenvalue weighted by atomic mass is 10.0. The average molecular weight is 277 g/mol. The van der Waals surface area contributed by atoms with Crippen LogP contribution >= 0.6 is 0 Å². The predicted molar refractivity (Wildman–Crippen MR) is 46.9 cm³/mol. The lowest BCUT2D eigenvalue weighted by molar-refractivity contribution is -0.00000359. The van der Waals surface area contributed by atoms with Gasteiger partial charge in [-0.2, -0.15) is 0 Å². The van der Waals surface area contributed by atoms with Gasteiger partial charge in [-0.1, -0.05) is 26.0 Å². The van der Waals surface area contributed by atoms with Crippen LogP contribution in [0.4, 0.5) is 0 Å². The van der Waals surface area contributed by atoms with Crippen molar-refractivity contribution in [2.45, 2.75) is 26.7 Å². The summed E-state index contributed by atoms with van der Waals surface area (Å²) >= 11 is 0. The predicted octanol–water partition coefficient (Wildman–Crippen LogP) is -0.172. The molecule has 0 heterocycles. The second kappa shape index (κ2) is 4.70. The van der Waals surface area contributed by atoms with E-state index < -0.39 is 0 Å². The normalized spacial score (nSPS) is 9.67. The van der Waals surface area contributed by atoms with Gasteiger partial charge in [0.1, 0.15) is 5.75 Å². The molecule has 12 heavy (non-hydrogen) atoms. The molecule has 68 valence electrons. The third-order valence-corrected chi connectivity index (χ3v) is 1.81. The number of hydrogen-bond donors (Lipinski definition) is 1. The lowest BCUT2D eigenvalue weighted by Crippen LogP contribution is -3.00. The molecule has 0 atom stereocenters. The highest BCUT2D eigenvalue weighted by molar-refractivity contribution is 5.37. The van der Waals surface area contributed by atoms with E-state index in [0.717, 1.165) is 11.1 Å². The van der Waals surface area contributed by atoms with Crippen LogP contribution in [0.3, 0.4) is 0 Å². The van der Waals surface area contributed by atoms with E-state index in [1.807, 2.05) is 19.1 Å². The largest absolute Gasteiger partial charge is 1.00 e. The molecule has 0 aliphatic rings. The summed E-state index contributed by atoms with van der Waals surface area (Å²) in [6.45, 7) is 6.12. The number of aromatic hydroxyl groups is 1. The van der Waals surface area contributed by atoms with E-state index in [1.165, 1.54) is 0 Å². The topological polar surface area (TPSA) is 20.2 Å². The standard InChI is InChI=1S/C10H14O.HI/c1-7(2)9-5-4-8(3)6-10(9)11;/h4-7,11H,1-3H3;1H/p-1. The smallest absolute Gasteiger partial charge is 0.119 e. The molecule has 0 saturated carbocycles. The van der Waals surface area contributed by atoms with Gasteiger partial charge in [-0.15, -0.1) is 0 Å². The van der Waals surface area contributed by atoms with Crippen LogP contribution in [0.15, 0.2) is 18.2 Å². The monoisotopic (exact) mass is 277 g/mol. The molecule has 0 amide bonds. The Bertz CT molecular complexity index is 256. The van der Waals surface area contributed by atoms with Crippen LogP contribution in [-0.2, 0) is 0 Å². The molecular weight excluding hydrogens is 263 g/mol. The molecule has 1 aromatic carbocycles. The van der Waals surface area contributed by atoms with Gasteiger partial charge in [-0.3, -0.25) is 0 Å². The van der Waals surface area contributed by atoms with Crippen molar-refractivity contribution in [1.29, 1.82) is 0 Å². The number of aryl methyl sites for hydroxylation is 1. The first-order valence-electron chi connectivity index (χ1n) is 3.91. The second-order valence-corrected chi connectivity index (χ2v) is 3.22. The van der Waals surface area contributed by atoms with Gasteiger partial charge in [-0.25, -0.2) is 0 Å². The summed E-state index contributed by atoms with van der Waals surface area (Å²) in [7, 11) is 0. The maximum absolute atomic E-state index is 9.46. The summed E-state index contributed by atoms with van der Waals surface area (Å²) in [5.74, 6) is 0.815. The molecule has 1 aromatic rings. The number of benzene rings is 1. The van der Waals surface area contributed by atoms with Crippen LogP contribution in [0.1, 0.15) is 30.9 Å². The summed E-state index contributed by atoms with van der Waals surface area (Å²) in [6.07, 6.45) is 0. The van der Waals surface area contributed by atoms with Crippen molar-refractivity contribution in [2.75, 3.05) is 0 Å². The van der Waals surface area contributed by atoms with Crippen molar-refractivity contribution in [2.24, 2.45) is 0 Å². The molecule has 0 aliphatic carbocycles. The van der Waals surface area contributed by atoms with Gasteiger partial charge >= 0.3 is 0 Å². The highest BCUT2D eigenvalue weighted by Crippen LogP contribution is 2.25. The number of phenolic OH excluding ortho intramolecular Hbond substituents is 1. The highest BCUT2D eigenvalue weighted by Gasteiger charge is 2.03. The molecule has 0 aliphatic heterocycles. The fraction of sp³-hybridized carbons (Fsp3) is 0.400. The zero-order chi connectivity index (χ0) is 8.43. The van der Waals surface area contributed by atoms with Crippen molar-refractivity contribution >= 4 is 0 Å². The van der Waals surface area contributed by atoms with Crippen LogP contribution in [0, 0.1) is 6.92 Å². The van der Waals surface area contributed by atoms with Crippen LogP contribution < -0.4 is 24.0 Å². The second-order valence-electron chi connectivity index (χ2n) is 3.22. The minimum Gasteiger partial charge on any atom is -1.00 e. The Labute approximate surface area is 90.8 Å². The van der Waals surface area contributed by atoms with E-state index in [9.17, 15) is 5.11 Å². The van der Waals surface area contributed by atoms with E-state index in [1.54, 1.807) is 6.07 Å². The van der Waals surface area contributed by atoms with Crippen molar-refractivity contribution in [3.05, 3.63) is 29.3 Å². The first-order chi connectivity index (χ1) is 5.11. The minimum absolute atomic E-state index is 0. The number of hydrogen-bond acceptors (Lipinski definition) is 1. The molecule has 0 bridgehead atoms. The van der Waals surface area contributed by atoms with Gasteiger partial charge in [0.25, 0.3) is 0 Å². The van der Waals surface area contributed by atoms with E-state index in [4.69, 9.17) is 0 Å². The Kier molecular flexibility index (Phi) is 4.60. The molecule has 0 unspecified atom stereocenters. The van der Waals surface area contributed by atoms with Gasteiger partial charge < -0.3 is 29.1 Å². The summed E-state index contributed by atoms with van der Waals surface area (Å²) in [5, 5.41) is 9.46. The molecule has 0 saturated heterocycles. The average Bonchev–Trinajstić information content (AvgIpc) is 1.85. The Morgan fingerprint density at radius 3 is 2.25 bits per heavy atom. The SMILES string of the molecule is Cc1ccc(C(C)C)c(O)c1.[I-]. The summed E-state index contributed by atoms with van der Waals surface area (Å²) in [4.78, 5) is 0. The summed E-state index contributed by atoms with van der Waals surface area (Å²) < 4.78 is 0.